The Morgan fingerprint density at radius 1 is 1.03 bits per heavy atom. The van der Waals surface area contributed by atoms with Gasteiger partial charge in [-0.25, -0.2) is 4.79 Å². The number of aromatic nitrogens is 2. The number of rotatable bonds is 18. The van der Waals surface area contributed by atoms with Crippen molar-refractivity contribution in [2.45, 2.75) is 121 Å². The number of carbonyl (C=O) groups excluding carboxylic acids is 1. The van der Waals surface area contributed by atoms with Gasteiger partial charge in [0.1, 0.15) is 30.7 Å². The van der Waals surface area contributed by atoms with Gasteiger partial charge >= 0.3 is 11.7 Å². The van der Waals surface area contributed by atoms with E-state index in [1.54, 1.807) is 0 Å². The molecule has 0 saturated carbocycles. The van der Waals surface area contributed by atoms with E-state index < -0.39 is 30.2 Å². The van der Waals surface area contributed by atoms with Gasteiger partial charge in [0.25, 0.3) is 0 Å². The van der Waals surface area contributed by atoms with Crippen molar-refractivity contribution in [2.24, 2.45) is 0 Å². The number of nitrogen functional groups attached to an aromatic ring is 1. The van der Waals surface area contributed by atoms with Crippen molar-refractivity contribution in [3.05, 3.63) is 34.9 Å². The highest BCUT2D eigenvalue weighted by Gasteiger charge is 2.44. The third kappa shape index (κ3) is 10.8. The standard InChI is InChI=1S/C27H45N3O6/c1-2-3-4-5-6-7-8-9-10-11-12-13-14-15-16-17-23(31)35-20-21-24(32)25(33)26(36-21)30-19-18-22(28)29-27(30)34/h9-10,18-19,21,24-26,32-33H,2-8,11-17,20H2,1H3,(H2,28,29,34)/b10-9-/t21-,24-,25-,26-/m1/s1. The lowest BCUT2D eigenvalue weighted by molar-refractivity contribution is -0.150. The van der Waals surface area contributed by atoms with Gasteiger partial charge in [0.15, 0.2) is 6.23 Å². The number of aliphatic hydroxyl groups is 2. The second-order valence-corrected chi connectivity index (χ2v) is 9.61. The number of aliphatic hydroxyl groups excluding tert-OH is 2. The van der Waals surface area contributed by atoms with E-state index in [-0.39, 0.29) is 18.4 Å². The minimum atomic E-state index is -1.36. The zero-order valence-corrected chi connectivity index (χ0v) is 21.7. The monoisotopic (exact) mass is 507 g/mol. The molecule has 4 N–H and O–H groups in total. The Kier molecular flexibility index (Phi) is 14.4. The van der Waals surface area contributed by atoms with E-state index in [1.807, 2.05) is 0 Å². The van der Waals surface area contributed by atoms with Crippen LogP contribution in [0.5, 0.6) is 0 Å². The minimum Gasteiger partial charge on any atom is -0.463 e. The normalized spacial score (nSPS) is 21.9. The van der Waals surface area contributed by atoms with Gasteiger partial charge in [0.05, 0.1) is 0 Å². The van der Waals surface area contributed by atoms with Crippen molar-refractivity contribution in [3.8, 4) is 0 Å². The molecule has 0 aromatic carbocycles. The zero-order chi connectivity index (χ0) is 26.2. The molecule has 1 aliphatic rings. The van der Waals surface area contributed by atoms with Gasteiger partial charge in [-0.05, 0) is 38.2 Å². The van der Waals surface area contributed by atoms with Gasteiger partial charge in [-0.2, -0.15) is 4.98 Å². The molecule has 0 bridgehead atoms. The van der Waals surface area contributed by atoms with E-state index in [0.29, 0.717) is 6.42 Å². The first-order valence-electron chi connectivity index (χ1n) is 13.6. The fourth-order valence-corrected chi connectivity index (χ4v) is 4.30. The van der Waals surface area contributed by atoms with Crippen LogP contribution in [0.4, 0.5) is 5.82 Å². The van der Waals surface area contributed by atoms with Gasteiger partial charge in [-0.15, -0.1) is 0 Å². The van der Waals surface area contributed by atoms with Gasteiger partial charge in [0, 0.05) is 12.6 Å². The molecule has 2 rings (SSSR count). The van der Waals surface area contributed by atoms with Crippen LogP contribution in [0.3, 0.4) is 0 Å². The number of nitrogens with two attached hydrogens (primary N) is 1. The summed E-state index contributed by atoms with van der Waals surface area (Å²) in [5, 5.41) is 20.5. The summed E-state index contributed by atoms with van der Waals surface area (Å²) in [6, 6.07) is 1.39. The summed E-state index contributed by atoms with van der Waals surface area (Å²) in [7, 11) is 0. The molecule has 204 valence electrons. The first-order valence-corrected chi connectivity index (χ1v) is 13.6. The first-order chi connectivity index (χ1) is 17.4. The number of anilines is 1. The highest BCUT2D eigenvalue weighted by Crippen LogP contribution is 2.28. The number of nitrogens with zero attached hydrogens (tertiary/aromatic N) is 2. The van der Waals surface area contributed by atoms with E-state index in [9.17, 15) is 19.8 Å². The molecule has 4 atom stereocenters. The Hall–Kier alpha value is -2.23. The molecule has 0 aliphatic carbocycles. The largest absolute Gasteiger partial charge is 0.463 e. The van der Waals surface area contributed by atoms with Gasteiger partial charge < -0.3 is 25.4 Å². The molecule has 1 aliphatic heterocycles. The lowest BCUT2D eigenvalue weighted by Gasteiger charge is -2.16. The summed E-state index contributed by atoms with van der Waals surface area (Å²) < 4.78 is 11.9. The van der Waals surface area contributed by atoms with Crippen LogP contribution in [0.2, 0.25) is 0 Å². The lowest BCUT2D eigenvalue weighted by atomic mass is 10.1. The third-order valence-electron chi connectivity index (χ3n) is 6.51. The predicted molar refractivity (Wildman–Crippen MR) is 139 cm³/mol. The van der Waals surface area contributed by atoms with Crippen LogP contribution >= 0.6 is 0 Å². The fraction of sp³-hybridized carbons (Fsp3) is 0.741. The lowest BCUT2D eigenvalue weighted by Crippen LogP contribution is -2.36. The average molecular weight is 508 g/mol. The molecule has 1 fully saturated rings. The van der Waals surface area contributed by atoms with Gasteiger partial charge in [-0.3, -0.25) is 9.36 Å². The van der Waals surface area contributed by atoms with E-state index in [2.05, 4.69) is 24.1 Å². The van der Waals surface area contributed by atoms with Crippen LogP contribution in [0.15, 0.2) is 29.2 Å². The first kappa shape index (κ1) is 30.0. The van der Waals surface area contributed by atoms with E-state index >= 15 is 0 Å². The minimum absolute atomic E-state index is 0.0467. The Bertz CT molecular complexity index is 843. The van der Waals surface area contributed by atoms with E-state index in [1.165, 1.54) is 63.6 Å². The van der Waals surface area contributed by atoms with Gasteiger partial charge in [0.2, 0.25) is 0 Å². The second kappa shape index (κ2) is 17.3. The highest BCUT2D eigenvalue weighted by atomic mass is 16.6. The summed E-state index contributed by atoms with van der Waals surface area (Å²) in [6.07, 6.45) is 17.0. The highest BCUT2D eigenvalue weighted by molar-refractivity contribution is 5.69. The number of hydrogen-bond acceptors (Lipinski definition) is 8. The summed E-state index contributed by atoms with van der Waals surface area (Å²) in [4.78, 5) is 27.6. The Morgan fingerprint density at radius 2 is 1.64 bits per heavy atom. The molecule has 36 heavy (non-hydrogen) atoms. The van der Waals surface area contributed by atoms with Crippen molar-refractivity contribution < 1.29 is 24.5 Å². The molecule has 1 aromatic heterocycles. The molecule has 0 amide bonds. The van der Waals surface area contributed by atoms with Crippen LogP contribution in [0.25, 0.3) is 0 Å². The maximum Gasteiger partial charge on any atom is 0.351 e. The number of unbranched alkanes of at least 4 members (excludes halogenated alkanes) is 11. The van der Waals surface area contributed by atoms with Crippen molar-refractivity contribution >= 4 is 11.8 Å². The van der Waals surface area contributed by atoms with E-state index in [0.717, 1.165) is 36.7 Å². The van der Waals surface area contributed by atoms with Crippen molar-refractivity contribution in [1.82, 2.24) is 9.55 Å². The second-order valence-electron chi connectivity index (χ2n) is 9.61. The summed E-state index contributed by atoms with van der Waals surface area (Å²) in [5.41, 5.74) is 4.77. The fourth-order valence-electron chi connectivity index (χ4n) is 4.30. The molecule has 0 unspecified atom stereocenters. The molecule has 1 aromatic rings. The Balaban J connectivity index is 1.50. The molecule has 9 heteroatoms. The number of carbonyl (C=O) groups is 1. The van der Waals surface area contributed by atoms with Crippen LogP contribution in [-0.2, 0) is 14.3 Å². The maximum absolute atomic E-state index is 12.1. The number of allylic oxidation sites excluding steroid dienone is 2. The summed E-state index contributed by atoms with van der Waals surface area (Å²) in [6.45, 7) is 2.05. The van der Waals surface area contributed by atoms with Gasteiger partial charge in [-0.1, -0.05) is 70.4 Å². The van der Waals surface area contributed by atoms with Crippen molar-refractivity contribution in [3.63, 3.8) is 0 Å². The smallest absolute Gasteiger partial charge is 0.351 e. The summed E-state index contributed by atoms with van der Waals surface area (Å²) in [5.74, 6) is -0.321. The van der Waals surface area contributed by atoms with Crippen molar-refractivity contribution in [1.29, 1.82) is 0 Å². The molecule has 9 nitrogen and oxygen atoms in total. The predicted octanol–water partition coefficient (Wildman–Crippen LogP) is 4.03. The maximum atomic E-state index is 12.1. The molecule has 2 heterocycles. The van der Waals surface area contributed by atoms with E-state index in [4.69, 9.17) is 15.2 Å². The third-order valence-corrected chi connectivity index (χ3v) is 6.51. The quantitative estimate of drug-likeness (QED) is 0.154. The Labute approximate surface area is 214 Å². The van der Waals surface area contributed by atoms with Crippen LogP contribution < -0.4 is 11.4 Å². The number of hydrogen-bond donors (Lipinski definition) is 3. The molecule has 1 saturated heterocycles. The van der Waals surface area contributed by atoms with Crippen molar-refractivity contribution in [2.75, 3.05) is 12.3 Å². The molecular weight excluding hydrogens is 462 g/mol. The Morgan fingerprint density at radius 3 is 2.28 bits per heavy atom. The summed E-state index contributed by atoms with van der Waals surface area (Å²) >= 11 is 0. The van der Waals surface area contributed by atoms with Crippen LogP contribution in [0, 0.1) is 0 Å². The molecule has 0 radical (unpaired) electrons. The topological polar surface area (TPSA) is 137 Å². The molecular formula is C27H45N3O6. The number of esters is 1. The number of ether oxygens (including phenoxy) is 2. The molecule has 0 spiro atoms. The van der Waals surface area contributed by atoms with Crippen LogP contribution in [-0.4, -0.2) is 50.7 Å². The van der Waals surface area contributed by atoms with Crippen LogP contribution in [0.1, 0.15) is 103 Å². The SMILES string of the molecule is CCCCCCCC/C=C\CCCCCCCC(=O)OC[C@H]1O[C@@H](n2ccc(N)nc2=O)[C@H](O)[C@@H]1O. The average Bonchev–Trinajstić information content (AvgIpc) is 3.13. The zero-order valence-electron chi connectivity index (χ0n) is 21.7.